The number of ether oxygens (including phenoxy) is 1. The molecular formula is C13H23N3O2. The van der Waals surface area contributed by atoms with Crippen LogP contribution in [0.4, 0.5) is 5.95 Å². The molecule has 0 aromatic carbocycles. The number of hydrogen-bond donors (Lipinski definition) is 0. The Hall–Kier alpha value is -1.10. The van der Waals surface area contributed by atoms with Crippen LogP contribution in [0.3, 0.4) is 0 Å². The molecule has 0 aliphatic carbocycles. The number of hydrogen-bond acceptors (Lipinski definition) is 5. The Morgan fingerprint density at radius 3 is 2.67 bits per heavy atom. The third kappa shape index (κ3) is 2.66. The standard InChI is InChI=1S/C13H23N3O2/c1-6-13(5)9-16(7-8-17-13)11-14-10(18-15-11)12(2,3)4/h6-9H2,1-5H3. The number of aromatic nitrogens is 2. The van der Waals surface area contributed by atoms with Crippen LogP contribution < -0.4 is 4.90 Å². The lowest BCUT2D eigenvalue weighted by atomic mass is 9.97. The average Bonchev–Trinajstić information content (AvgIpc) is 2.78. The monoisotopic (exact) mass is 253 g/mol. The van der Waals surface area contributed by atoms with E-state index in [1.54, 1.807) is 0 Å². The second kappa shape index (κ2) is 4.53. The molecule has 1 unspecified atom stereocenters. The Kier molecular flexibility index (Phi) is 3.36. The fourth-order valence-corrected chi connectivity index (χ4v) is 1.96. The Morgan fingerprint density at radius 1 is 1.39 bits per heavy atom. The minimum Gasteiger partial charge on any atom is -0.372 e. The van der Waals surface area contributed by atoms with Crippen LogP contribution in [0.5, 0.6) is 0 Å². The second-order valence-electron chi connectivity index (χ2n) is 6.22. The highest BCUT2D eigenvalue weighted by Crippen LogP contribution is 2.26. The molecule has 1 aromatic rings. The first-order valence-electron chi connectivity index (χ1n) is 6.57. The number of rotatable bonds is 2. The molecule has 1 aliphatic heterocycles. The topological polar surface area (TPSA) is 51.4 Å². The smallest absolute Gasteiger partial charge is 0.266 e. The van der Waals surface area contributed by atoms with Gasteiger partial charge < -0.3 is 14.2 Å². The lowest BCUT2D eigenvalue weighted by Crippen LogP contribution is -2.50. The summed E-state index contributed by atoms with van der Waals surface area (Å²) in [5.74, 6) is 1.37. The Bertz CT molecular complexity index is 411. The van der Waals surface area contributed by atoms with Crippen molar-refractivity contribution in [1.82, 2.24) is 10.1 Å². The summed E-state index contributed by atoms with van der Waals surface area (Å²) >= 11 is 0. The van der Waals surface area contributed by atoms with Crippen molar-refractivity contribution in [3.63, 3.8) is 0 Å². The zero-order chi connectivity index (χ0) is 13.4. The van der Waals surface area contributed by atoms with Gasteiger partial charge >= 0.3 is 0 Å². The Morgan fingerprint density at radius 2 is 2.11 bits per heavy atom. The van der Waals surface area contributed by atoms with Crippen molar-refractivity contribution in [3.05, 3.63) is 5.89 Å². The summed E-state index contributed by atoms with van der Waals surface area (Å²) in [7, 11) is 0. The molecule has 0 amide bonds. The van der Waals surface area contributed by atoms with Crippen LogP contribution in [0, 0.1) is 0 Å². The van der Waals surface area contributed by atoms with Gasteiger partial charge in [0, 0.05) is 18.5 Å². The van der Waals surface area contributed by atoms with Crippen molar-refractivity contribution >= 4 is 5.95 Å². The Balaban J connectivity index is 2.14. The van der Waals surface area contributed by atoms with Crippen LogP contribution in [0.1, 0.15) is 46.9 Å². The van der Waals surface area contributed by atoms with Crippen molar-refractivity contribution in [2.24, 2.45) is 0 Å². The molecule has 0 saturated carbocycles. The van der Waals surface area contributed by atoms with Gasteiger partial charge in [-0.15, -0.1) is 0 Å². The zero-order valence-corrected chi connectivity index (χ0v) is 12.0. The van der Waals surface area contributed by atoms with Gasteiger partial charge in [-0.3, -0.25) is 0 Å². The van der Waals surface area contributed by atoms with Crippen molar-refractivity contribution in [3.8, 4) is 0 Å². The SMILES string of the molecule is CCC1(C)CN(c2noc(C(C)(C)C)n2)CCO1. The maximum atomic E-state index is 5.81. The van der Waals surface area contributed by atoms with Crippen molar-refractivity contribution in [2.75, 3.05) is 24.6 Å². The summed E-state index contributed by atoms with van der Waals surface area (Å²) in [6.45, 7) is 12.8. The summed E-state index contributed by atoms with van der Waals surface area (Å²) < 4.78 is 11.2. The molecule has 5 nitrogen and oxygen atoms in total. The van der Waals surface area contributed by atoms with Crippen LogP contribution in [-0.2, 0) is 10.2 Å². The van der Waals surface area contributed by atoms with Gasteiger partial charge in [-0.2, -0.15) is 4.98 Å². The molecule has 2 heterocycles. The molecule has 2 rings (SSSR count). The molecule has 1 aliphatic rings. The van der Waals surface area contributed by atoms with E-state index in [0.717, 1.165) is 19.5 Å². The molecule has 5 heteroatoms. The van der Waals surface area contributed by atoms with E-state index in [2.05, 4.69) is 49.7 Å². The van der Waals surface area contributed by atoms with Crippen LogP contribution in [-0.4, -0.2) is 35.4 Å². The lowest BCUT2D eigenvalue weighted by molar-refractivity contribution is -0.0446. The van der Waals surface area contributed by atoms with Gasteiger partial charge in [-0.25, -0.2) is 0 Å². The number of anilines is 1. The summed E-state index contributed by atoms with van der Waals surface area (Å²) in [6.07, 6.45) is 0.980. The van der Waals surface area contributed by atoms with Crippen LogP contribution in [0.15, 0.2) is 4.52 Å². The first kappa shape index (κ1) is 13.3. The Labute approximate surface area is 108 Å². The third-order valence-corrected chi connectivity index (χ3v) is 3.42. The quantitative estimate of drug-likeness (QED) is 0.810. The van der Waals surface area contributed by atoms with E-state index in [0.29, 0.717) is 18.4 Å². The predicted octanol–water partition coefficient (Wildman–Crippen LogP) is 2.37. The van der Waals surface area contributed by atoms with Gasteiger partial charge in [0.05, 0.1) is 12.2 Å². The fourth-order valence-electron chi connectivity index (χ4n) is 1.96. The summed E-state index contributed by atoms with van der Waals surface area (Å²) in [4.78, 5) is 6.64. The molecule has 102 valence electrons. The summed E-state index contributed by atoms with van der Waals surface area (Å²) in [5, 5.41) is 4.09. The fraction of sp³-hybridized carbons (Fsp3) is 0.846. The van der Waals surface area contributed by atoms with Crippen molar-refractivity contribution < 1.29 is 9.26 Å². The van der Waals surface area contributed by atoms with Gasteiger partial charge in [0.25, 0.3) is 5.95 Å². The van der Waals surface area contributed by atoms with Crippen LogP contribution in [0.2, 0.25) is 0 Å². The lowest BCUT2D eigenvalue weighted by Gasteiger charge is -2.39. The number of nitrogens with zero attached hydrogens (tertiary/aromatic N) is 3. The van der Waals surface area contributed by atoms with Gasteiger partial charge in [0.15, 0.2) is 0 Å². The molecule has 0 bridgehead atoms. The normalized spacial score (nSPS) is 25.5. The highest BCUT2D eigenvalue weighted by Gasteiger charge is 2.33. The first-order valence-corrected chi connectivity index (χ1v) is 6.57. The minimum atomic E-state index is -0.110. The van der Waals surface area contributed by atoms with Crippen LogP contribution in [0.25, 0.3) is 0 Å². The molecule has 1 fully saturated rings. The molecule has 1 aromatic heterocycles. The molecule has 1 atom stereocenters. The van der Waals surface area contributed by atoms with E-state index in [1.807, 2.05) is 0 Å². The largest absolute Gasteiger partial charge is 0.372 e. The number of morpholine rings is 1. The molecule has 1 saturated heterocycles. The minimum absolute atomic E-state index is 0.106. The highest BCUT2D eigenvalue weighted by atomic mass is 16.5. The van der Waals surface area contributed by atoms with E-state index in [4.69, 9.17) is 9.26 Å². The second-order valence-corrected chi connectivity index (χ2v) is 6.22. The molecule has 18 heavy (non-hydrogen) atoms. The summed E-state index contributed by atoms with van der Waals surface area (Å²) in [6, 6.07) is 0. The van der Waals surface area contributed by atoms with E-state index in [1.165, 1.54) is 0 Å². The predicted molar refractivity (Wildman–Crippen MR) is 69.9 cm³/mol. The van der Waals surface area contributed by atoms with Crippen molar-refractivity contribution in [1.29, 1.82) is 0 Å². The van der Waals surface area contributed by atoms with Gasteiger partial charge in [-0.05, 0) is 18.5 Å². The van der Waals surface area contributed by atoms with Gasteiger partial charge in [0.2, 0.25) is 5.89 Å². The molecular weight excluding hydrogens is 230 g/mol. The van der Waals surface area contributed by atoms with Gasteiger partial charge in [-0.1, -0.05) is 27.7 Å². The molecule has 0 spiro atoms. The van der Waals surface area contributed by atoms with Gasteiger partial charge in [0.1, 0.15) is 0 Å². The van der Waals surface area contributed by atoms with E-state index in [-0.39, 0.29) is 11.0 Å². The van der Waals surface area contributed by atoms with Crippen molar-refractivity contribution in [2.45, 2.75) is 52.1 Å². The maximum absolute atomic E-state index is 5.81. The zero-order valence-electron chi connectivity index (χ0n) is 12.0. The molecule has 0 N–H and O–H groups in total. The maximum Gasteiger partial charge on any atom is 0.266 e. The van der Waals surface area contributed by atoms with E-state index < -0.39 is 0 Å². The highest BCUT2D eigenvalue weighted by molar-refractivity contribution is 5.30. The molecule has 0 radical (unpaired) electrons. The first-order chi connectivity index (χ1) is 8.34. The summed E-state index contributed by atoms with van der Waals surface area (Å²) in [5.41, 5.74) is -0.216. The third-order valence-electron chi connectivity index (χ3n) is 3.42. The average molecular weight is 253 g/mol. The van der Waals surface area contributed by atoms with E-state index >= 15 is 0 Å². The van der Waals surface area contributed by atoms with E-state index in [9.17, 15) is 0 Å². The van der Waals surface area contributed by atoms with Crippen LogP contribution >= 0.6 is 0 Å².